The topological polar surface area (TPSA) is 55.7 Å². The summed E-state index contributed by atoms with van der Waals surface area (Å²) < 4.78 is 20.2. The zero-order chi connectivity index (χ0) is 9.03. The van der Waals surface area contributed by atoms with E-state index in [-0.39, 0.29) is 5.88 Å². The lowest BCUT2D eigenvalue weighted by Crippen LogP contribution is -2.26. The van der Waals surface area contributed by atoms with Crippen molar-refractivity contribution >= 4 is 27.2 Å². The Morgan fingerprint density at radius 3 is 2.58 bits per heavy atom. The van der Waals surface area contributed by atoms with Crippen LogP contribution in [0, 0.1) is 0 Å². The summed E-state index contributed by atoms with van der Waals surface area (Å²) in [5.41, 5.74) is 0. The molecular weight excluding hydrogens is 202 g/mol. The van der Waals surface area contributed by atoms with E-state index in [4.69, 9.17) is 16.3 Å². The molecular formula is C6H10ClNO3S. The number of alkyl halides is 1. The van der Waals surface area contributed by atoms with Gasteiger partial charge in [0.2, 0.25) is 0 Å². The lowest BCUT2D eigenvalue weighted by molar-refractivity contribution is -0.115. The zero-order valence-electron chi connectivity index (χ0n) is 6.49. The Bertz CT molecular complexity index is 271. The second-order valence-electron chi connectivity index (χ2n) is 2.41. The monoisotopic (exact) mass is 211 g/mol. The molecule has 4 nitrogen and oxygen atoms in total. The fourth-order valence-electron chi connectivity index (χ4n) is 0.884. The van der Waals surface area contributed by atoms with E-state index in [2.05, 4.69) is 4.36 Å². The predicted molar refractivity (Wildman–Crippen MR) is 46.9 cm³/mol. The minimum atomic E-state index is -2.34. The van der Waals surface area contributed by atoms with Gasteiger partial charge >= 0.3 is 0 Å². The molecule has 0 bridgehead atoms. The summed E-state index contributed by atoms with van der Waals surface area (Å²) in [6.07, 6.45) is 0. The van der Waals surface area contributed by atoms with Gasteiger partial charge in [-0.3, -0.25) is 4.79 Å². The molecule has 0 N–H and O–H groups in total. The maximum Gasteiger partial charge on any atom is 0.268 e. The van der Waals surface area contributed by atoms with Gasteiger partial charge in [0, 0.05) is 0 Å². The van der Waals surface area contributed by atoms with Crippen LogP contribution in [0.2, 0.25) is 0 Å². The smallest absolute Gasteiger partial charge is 0.268 e. The van der Waals surface area contributed by atoms with Crippen LogP contribution in [0.4, 0.5) is 0 Å². The first-order chi connectivity index (χ1) is 5.66. The Morgan fingerprint density at radius 1 is 1.50 bits per heavy atom. The molecule has 70 valence electrons. The van der Waals surface area contributed by atoms with Crippen molar-refractivity contribution in [3.63, 3.8) is 0 Å². The molecule has 6 heteroatoms. The van der Waals surface area contributed by atoms with E-state index < -0.39 is 15.6 Å². The number of nitrogens with zero attached hydrogens (tertiary/aromatic N) is 1. The molecule has 1 amide bonds. The lowest BCUT2D eigenvalue weighted by Gasteiger charge is -2.15. The Labute approximate surface area is 76.4 Å². The van der Waals surface area contributed by atoms with Gasteiger partial charge < -0.3 is 4.74 Å². The Kier molecular flexibility index (Phi) is 3.49. The normalized spacial score (nSPS) is 21.8. The fraction of sp³-hybridized carbons (Fsp3) is 0.833. The van der Waals surface area contributed by atoms with Gasteiger partial charge in [-0.1, -0.05) is 0 Å². The van der Waals surface area contributed by atoms with Gasteiger partial charge in [0.25, 0.3) is 5.91 Å². The van der Waals surface area contributed by atoms with Crippen molar-refractivity contribution in [3.05, 3.63) is 0 Å². The van der Waals surface area contributed by atoms with Crippen LogP contribution >= 0.6 is 11.6 Å². The molecule has 1 fully saturated rings. The van der Waals surface area contributed by atoms with Gasteiger partial charge in [-0.15, -0.1) is 11.6 Å². The SMILES string of the molecule is O=C(CCl)N=S1(=O)CCOCC1. The lowest BCUT2D eigenvalue weighted by atomic mass is 10.8. The summed E-state index contributed by atoms with van der Waals surface area (Å²) >= 11 is 5.23. The van der Waals surface area contributed by atoms with Crippen molar-refractivity contribution in [2.45, 2.75) is 0 Å². The van der Waals surface area contributed by atoms with Gasteiger partial charge in [-0.25, -0.2) is 4.21 Å². The molecule has 0 aromatic rings. The van der Waals surface area contributed by atoms with E-state index >= 15 is 0 Å². The highest BCUT2D eigenvalue weighted by atomic mass is 35.5. The van der Waals surface area contributed by atoms with Crippen LogP contribution in [-0.2, 0) is 19.3 Å². The zero-order valence-corrected chi connectivity index (χ0v) is 8.07. The van der Waals surface area contributed by atoms with E-state index in [0.717, 1.165) is 0 Å². The third-order valence-corrected chi connectivity index (χ3v) is 3.85. The number of ether oxygens (including phenoxy) is 1. The van der Waals surface area contributed by atoms with Crippen molar-refractivity contribution < 1.29 is 13.7 Å². The van der Waals surface area contributed by atoms with E-state index in [1.165, 1.54) is 0 Å². The highest BCUT2D eigenvalue weighted by Gasteiger charge is 2.15. The molecule has 0 spiro atoms. The molecule has 0 radical (unpaired) electrons. The van der Waals surface area contributed by atoms with Crippen LogP contribution in [0.25, 0.3) is 0 Å². The maximum atomic E-state index is 11.6. The quantitative estimate of drug-likeness (QED) is 0.585. The van der Waals surface area contributed by atoms with Gasteiger partial charge in [0.15, 0.2) is 0 Å². The molecule has 0 unspecified atom stereocenters. The largest absolute Gasteiger partial charge is 0.379 e. The van der Waals surface area contributed by atoms with E-state index in [9.17, 15) is 9.00 Å². The average molecular weight is 212 g/mol. The summed E-state index contributed by atoms with van der Waals surface area (Å²) in [7, 11) is -2.34. The molecule has 0 aromatic carbocycles. The van der Waals surface area contributed by atoms with Crippen LogP contribution < -0.4 is 0 Å². The number of carbonyl (C=O) groups excluding carboxylic acids is 1. The Hall–Kier alpha value is -0.130. The highest BCUT2D eigenvalue weighted by molar-refractivity contribution is 7.93. The molecule has 1 rings (SSSR count). The van der Waals surface area contributed by atoms with Crippen molar-refractivity contribution in [1.29, 1.82) is 0 Å². The third kappa shape index (κ3) is 2.73. The molecule has 0 aliphatic carbocycles. The number of amides is 1. The summed E-state index contributed by atoms with van der Waals surface area (Å²) in [5, 5.41) is 0. The first-order valence-electron chi connectivity index (χ1n) is 3.55. The van der Waals surface area contributed by atoms with E-state index in [0.29, 0.717) is 24.7 Å². The number of carbonyl (C=O) groups is 1. The van der Waals surface area contributed by atoms with Crippen LogP contribution in [0.15, 0.2) is 4.36 Å². The molecule has 1 aliphatic rings. The predicted octanol–water partition coefficient (Wildman–Crippen LogP) is 0.250. The standard InChI is InChI=1S/C6H10ClNO3S/c7-5-6(9)8-12(10)3-1-11-2-4-12/h1-5H2. The van der Waals surface area contributed by atoms with Crippen LogP contribution in [-0.4, -0.2) is 40.7 Å². The minimum Gasteiger partial charge on any atom is -0.379 e. The van der Waals surface area contributed by atoms with Gasteiger partial charge in [-0.2, -0.15) is 4.36 Å². The highest BCUT2D eigenvalue weighted by Crippen LogP contribution is 2.04. The van der Waals surface area contributed by atoms with Crippen molar-refractivity contribution in [2.24, 2.45) is 4.36 Å². The van der Waals surface area contributed by atoms with Gasteiger partial charge in [0.05, 0.1) is 34.4 Å². The number of hydrogen-bond acceptors (Lipinski definition) is 3. The molecule has 12 heavy (non-hydrogen) atoms. The second-order valence-corrected chi connectivity index (χ2v) is 5.22. The summed E-state index contributed by atoms with van der Waals surface area (Å²) in [6, 6.07) is 0. The Balaban J connectivity index is 2.75. The van der Waals surface area contributed by atoms with Crippen molar-refractivity contribution in [1.82, 2.24) is 0 Å². The Morgan fingerprint density at radius 2 is 2.08 bits per heavy atom. The molecule has 0 atom stereocenters. The fourth-order valence-corrected chi connectivity index (χ4v) is 2.59. The second kappa shape index (κ2) is 4.20. The third-order valence-electron chi connectivity index (χ3n) is 1.48. The first kappa shape index (κ1) is 9.95. The minimum absolute atomic E-state index is 0.197. The number of rotatable bonds is 1. The average Bonchev–Trinajstić information content (AvgIpc) is 2.05. The molecule has 0 aromatic heterocycles. The van der Waals surface area contributed by atoms with E-state index in [1.807, 2.05) is 0 Å². The van der Waals surface area contributed by atoms with Gasteiger partial charge in [-0.05, 0) is 0 Å². The van der Waals surface area contributed by atoms with Gasteiger partial charge in [0.1, 0.15) is 5.88 Å². The van der Waals surface area contributed by atoms with Crippen molar-refractivity contribution in [3.8, 4) is 0 Å². The summed E-state index contributed by atoms with van der Waals surface area (Å²) in [5.74, 6) is -0.00751. The number of halogens is 1. The van der Waals surface area contributed by atoms with Crippen LogP contribution in [0.5, 0.6) is 0 Å². The number of hydrogen-bond donors (Lipinski definition) is 0. The summed E-state index contributed by atoms with van der Waals surface area (Å²) in [4.78, 5) is 10.8. The summed E-state index contributed by atoms with van der Waals surface area (Å²) in [6.45, 7) is 0.829. The first-order valence-corrected chi connectivity index (χ1v) is 5.94. The van der Waals surface area contributed by atoms with Crippen LogP contribution in [0.3, 0.4) is 0 Å². The maximum absolute atomic E-state index is 11.6. The molecule has 1 saturated heterocycles. The molecule has 1 aliphatic heterocycles. The van der Waals surface area contributed by atoms with Crippen LogP contribution in [0.1, 0.15) is 0 Å². The molecule has 0 saturated carbocycles. The van der Waals surface area contributed by atoms with Crippen molar-refractivity contribution in [2.75, 3.05) is 30.6 Å². The molecule has 1 heterocycles. The van der Waals surface area contributed by atoms with E-state index in [1.54, 1.807) is 0 Å².